The van der Waals surface area contributed by atoms with Crippen molar-refractivity contribution >= 4 is 34.0 Å². The normalized spacial score (nSPS) is 14.2. The molecule has 0 spiro atoms. The summed E-state index contributed by atoms with van der Waals surface area (Å²) < 4.78 is 11.2. The summed E-state index contributed by atoms with van der Waals surface area (Å²) in [6, 6.07) is 15.3. The van der Waals surface area contributed by atoms with Crippen LogP contribution in [0.3, 0.4) is 0 Å². The summed E-state index contributed by atoms with van der Waals surface area (Å²) in [4.78, 5) is 22.1. The van der Waals surface area contributed by atoms with Gasteiger partial charge in [-0.15, -0.1) is 11.3 Å². The number of carbonyl (C=O) groups excluding carboxylic acids is 1. The number of thiazole rings is 1. The van der Waals surface area contributed by atoms with Crippen LogP contribution in [0.2, 0.25) is 5.02 Å². The van der Waals surface area contributed by atoms with Crippen molar-refractivity contribution in [2.45, 2.75) is 13.3 Å². The topological polar surface area (TPSA) is 54.9 Å². The third kappa shape index (κ3) is 6.77. The van der Waals surface area contributed by atoms with Crippen molar-refractivity contribution < 1.29 is 14.3 Å². The smallest absolute Gasteiger partial charge is 0.266 e. The highest BCUT2D eigenvalue weighted by atomic mass is 35.5. The van der Waals surface area contributed by atoms with Crippen LogP contribution in [-0.4, -0.2) is 61.8 Å². The van der Waals surface area contributed by atoms with Gasteiger partial charge in [0.05, 0.1) is 18.9 Å². The summed E-state index contributed by atoms with van der Waals surface area (Å²) in [5, 5.41) is 3.32. The Bertz CT molecular complexity index is 1030. The lowest BCUT2D eigenvalue weighted by molar-refractivity contribution is -0.120. The molecule has 6 nitrogen and oxygen atoms in total. The molecule has 3 aromatic rings. The van der Waals surface area contributed by atoms with Gasteiger partial charge in [-0.1, -0.05) is 41.4 Å². The van der Waals surface area contributed by atoms with Crippen LogP contribution >= 0.6 is 22.9 Å². The average Bonchev–Trinajstić information content (AvgIpc) is 3.32. The molecule has 174 valence electrons. The summed E-state index contributed by atoms with van der Waals surface area (Å²) in [5.41, 5.74) is 3.12. The Balaban J connectivity index is 1.44. The first kappa shape index (κ1) is 23.7. The van der Waals surface area contributed by atoms with Crippen molar-refractivity contribution in [3.05, 3.63) is 64.5 Å². The van der Waals surface area contributed by atoms with Crippen LogP contribution in [0.5, 0.6) is 5.75 Å². The zero-order valence-corrected chi connectivity index (χ0v) is 20.3. The first-order chi connectivity index (χ1) is 16.1. The molecule has 0 atom stereocenters. The second-order valence-corrected chi connectivity index (χ2v) is 9.25. The van der Waals surface area contributed by atoms with E-state index in [1.807, 2.05) is 5.38 Å². The van der Waals surface area contributed by atoms with Gasteiger partial charge in [-0.05, 0) is 37.6 Å². The first-order valence-electron chi connectivity index (χ1n) is 11.1. The van der Waals surface area contributed by atoms with E-state index >= 15 is 0 Å². The third-order valence-corrected chi connectivity index (χ3v) is 6.62. The lowest BCUT2D eigenvalue weighted by atomic mass is 10.1. The number of rotatable bonds is 9. The number of carbonyl (C=O) groups is 1. The fourth-order valence-corrected chi connectivity index (χ4v) is 4.61. The predicted octanol–water partition coefficient (Wildman–Crippen LogP) is 4.91. The molecule has 0 radical (unpaired) electrons. The quantitative estimate of drug-likeness (QED) is 0.431. The monoisotopic (exact) mass is 485 g/mol. The number of hydrogen-bond donors (Lipinski definition) is 0. The standard InChI is InChI=1S/C25H28ClN3O3S/c1-19-3-5-20(6-4-19)23-18-33-25(27-23)29(12-2-11-28-13-15-31-16-14-28)24(30)17-32-22-9-7-21(26)8-10-22/h3-10,18H,2,11-17H2,1H3. The summed E-state index contributed by atoms with van der Waals surface area (Å²) in [6.45, 7) is 6.91. The second kappa shape index (κ2) is 11.6. The molecule has 8 heteroatoms. The number of halogens is 1. The van der Waals surface area contributed by atoms with Gasteiger partial charge in [0.2, 0.25) is 0 Å². The Morgan fingerprint density at radius 1 is 1.15 bits per heavy atom. The summed E-state index contributed by atoms with van der Waals surface area (Å²) >= 11 is 7.42. The molecule has 1 saturated heterocycles. The maximum absolute atomic E-state index is 13.2. The van der Waals surface area contributed by atoms with Crippen LogP contribution in [0, 0.1) is 6.92 Å². The second-order valence-electron chi connectivity index (χ2n) is 7.98. The van der Waals surface area contributed by atoms with Gasteiger partial charge in [0, 0.05) is 42.1 Å². The third-order valence-electron chi connectivity index (χ3n) is 5.51. The van der Waals surface area contributed by atoms with Crippen molar-refractivity contribution in [2.75, 3.05) is 50.9 Å². The van der Waals surface area contributed by atoms with Gasteiger partial charge in [0.25, 0.3) is 5.91 Å². The molecule has 0 bridgehead atoms. The van der Waals surface area contributed by atoms with Crippen molar-refractivity contribution in [3.63, 3.8) is 0 Å². The fourth-order valence-electron chi connectivity index (χ4n) is 3.60. The molecule has 0 unspecified atom stereocenters. The van der Waals surface area contributed by atoms with Gasteiger partial charge in [0.15, 0.2) is 11.7 Å². The van der Waals surface area contributed by atoms with Gasteiger partial charge in [-0.2, -0.15) is 0 Å². The molecule has 33 heavy (non-hydrogen) atoms. The average molecular weight is 486 g/mol. The van der Waals surface area contributed by atoms with Gasteiger partial charge in [0.1, 0.15) is 5.75 Å². The zero-order valence-electron chi connectivity index (χ0n) is 18.7. The van der Waals surface area contributed by atoms with E-state index in [0.29, 0.717) is 22.4 Å². The SMILES string of the molecule is Cc1ccc(-c2csc(N(CCCN3CCOCC3)C(=O)COc3ccc(Cl)cc3)n2)cc1. The molecule has 1 aliphatic rings. The predicted molar refractivity (Wildman–Crippen MR) is 133 cm³/mol. The largest absolute Gasteiger partial charge is 0.484 e. The molecule has 1 aliphatic heterocycles. The van der Waals surface area contributed by atoms with E-state index in [-0.39, 0.29) is 12.5 Å². The molecule has 1 amide bonds. The van der Waals surface area contributed by atoms with E-state index in [1.165, 1.54) is 16.9 Å². The van der Waals surface area contributed by atoms with E-state index in [2.05, 4.69) is 36.1 Å². The Labute approximate surface area is 203 Å². The molecule has 4 rings (SSSR count). The van der Waals surface area contributed by atoms with Crippen LogP contribution in [0.25, 0.3) is 11.3 Å². The van der Waals surface area contributed by atoms with Crippen molar-refractivity contribution in [2.24, 2.45) is 0 Å². The number of morpholine rings is 1. The summed E-state index contributed by atoms with van der Waals surface area (Å²) in [7, 11) is 0. The molecule has 0 saturated carbocycles. The van der Waals surface area contributed by atoms with E-state index in [1.54, 1.807) is 29.2 Å². The summed E-state index contributed by atoms with van der Waals surface area (Å²) in [5.74, 6) is 0.497. The molecule has 0 N–H and O–H groups in total. The zero-order chi connectivity index (χ0) is 23.0. The number of ether oxygens (including phenoxy) is 2. The van der Waals surface area contributed by atoms with Gasteiger partial charge in [-0.25, -0.2) is 4.98 Å². The van der Waals surface area contributed by atoms with E-state index < -0.39 is 0 Å². The van der Waals surface area contributed by atoms with Crippen LogP contribution in [0.4, 0.5) is 5.13 Å². The van der Waals surface area contributed by atoms with E-state index in [9.17, 15) is 4.79 Å². The molecule has 1 fully saturated rings. The molecule has 0 aliphatic carbocycles. The van der Waals surface area contributed by atoms with Gasteiger partial charge >= 0.3 is 0 Å². The highest BCUT2D eigenvalue weighted by Crippen LogP contribution is 2.28. The van der Waals surface area contributed by atoms with Gasteiger partial charge < -0.3 is 9.47 Å². The summed E-state index contributed by atoms with van der Waals surface area (Å²) in [6.07, 6.45) is 0.853. The van der Waals surface area contributed by atoms with E-state index in [0.717, 1.165) is 50.5 Å². The fraction of sp³-hybridized carbons (Fsp3) is 0.360. The van der Waals surface area contributed by atoms with Crippen LogP contribution < -0.4 is 9.64 Å². The van der Waals surface area contributed by atoms with Crippen molar-refractivity contribution in [1.82, 2.24) is 9.88 Å². The van der Waals surface area contributed by atoms with Crippen LogP contribution in [0.1, 0.15) is 12.0 Å². The maximum atomic E-state index is 13.2. The lowest BCUT2D eigenvalue weighted by Gasteiger charge is -2.27. The Morgan fingerprint density at radius 2 is 1.88 bits per heavy atom. The highest BCUT2D eigenvalue weighted by Gasteiger charge is 2.21. The number of hydrogen-bond acceptors (Lipinski definition) is 6. The number of aryl methyl sites for hydroxylation is 1. The first-order valence-corrected chi connectivity index (χ1v) is 12.4. The molecule has 1 aromatic heterocycles. The molecule has 2 aromatic carbocycles. The minimum Gasteiger partial charge on any atom is -0.484 e. The number of aromatic nitrogens is 1. The Hall–Kier alpha value is -2.45. The highest BCUT2D eigenvalue weighted by molar-refractivity contribution is 7.14. The Morgan fingerprint density at radius 3 is 2.61 bits per heavy atom. The van der Waals surface area contributed by atoms with Crippen molar-refractivity contribution in [3.8, 4) is 17.0 Å². The van der Waals surface area contributed by atoms with E-state index in [4.69, 9.17) is 26.1 Å². The minimum absolute atomic E-state index is 0.0569. The van der Waals surface area contributed by atoms with Crippen molar-refractivity contribution in [1.29, 1.82) is 0 Å². The number of anilines is 1. The maximum Gasteiger partial charge on any atom is 0.266 e. The minimum atomic E-state index is -0.114. The lowest BCUT2D eigenvalue weighted by Crippen LogP contribution is -2.40. The van der Waals surface area contributed by atoms with Crippen LogP contribution in [-0.2, 0) is 9.53 Å². The molecule has 2 heterocycles. The van der Waals surface area contributed by atoms with Gasteiger partial charge in [-0.3, -0.25) is 14.6 Å². The number of amides is 1. The number of nitrogens with zero attached hydrogens (tertiary/aromatic N) is 3. The Kier molecular flexibility index (Phi) is 8.34. The number of benzene rings is 2. The molecular weight excluding hydrogens is 458 g/mol. The van der Waals surface area contributed by atoms with Crippen LogP contribution in [0.15, 0.2) is 53.9 Å². The molecular formula is C25H28ClN3O3S.